The highest BCUT2D eigenvalue weighted by molar-refractivity contribution is 5.78. The molecule has 3 rings (SSSR count). The average molecular weight is 345 g/mol. The van der Waals surface area contributed by atoms with E-state index in [1.807, 2.05) is 0 Å². The number of rotatable bonds is 5. The third kappa shape index (κ3) is 3.93. The van der Waals surface area contributed by atoms with Crippen molar-refractivity contribution in [2.24, 2.45) is 0 Å². The highest BCUT2D eigenvalue weighted by atomic mass is 19.1. The largest absolute Gasteiger partial charge is 0.480 e. The van der Waals surface area contributed by atoms with Crippen LogP contribution >= 0.6 is 0 Å². The zero-order valence-corrected chi connectivity index (χ0v) is 14.0. The zero-order chi connectivity index (χ0) is 17.8. The second-order valence-corrected chi connectivity index (χ2v) is 6.02. The van der Waals surface area contributed by atoms with E-state index in [2.05, 4.69) is 9.97 Å². The van der Waals surface area contributed by atoms with E-state index in [1.165, 1.54) is 12.1 Å². The van der Waals surface area contributed by atoms with Crippen LogP contribution in [0.5, 0.6) is 0 Å². The molecule has 1 aliphatic rings. The first-order valence-electron chi connectivity index (χ1n) is 8.21. The normalized spacial score (nSPS) is 17.5. The molecule has 1 fully saturated rings. The summed E-state index contributed by atoms with van der Waals surface area (Å²) < 4.78 is 18.3. The van der Waals surface area contributed by atoms with Crippen LogP contribution in [-0.4, -0.2) is 40.7 Å². The van der Waals surface area contributed by atoms with E-state index in [-0.39, 0.29) is 12.4 Å². The standard InChI is InChI=1S/C18H20FN3O3/c1-25-11-14-10-16(22-9-3-2-4-15(22)18(23)24)21-17(20-14)12-5-7-13(19)8-6-12/h5-8,10,15H,2-4,9,11H2,1H3,(H,23,24). The zero-order valence-electron chi connectivity index (χ0n) is 14.0. The molecule has 0 spiro atoms. The van der Waals surface area contributed by atoms with Crippen LogP contribution in [0.1, 0.15) is 25.0 Å². The van der Waals surface area contributed by atoms with Crippen LogP contribution in [0.2, 0.25) is 0 Å². The Labute approximate surface area is 145 Å². The minimum atomic E-state index is -0.852. The second-order valence-electron chi connectivity index (χ2n) is 6.02. The van der Waals surface area contributed by atoms with Crippen LogP contribution < -0.4 is 4.90 Å². The number of anilines is 1. The van der Waals surface area contributed by atoms with E-state index >= 15 is 0 Å². The molecule has 6 nitrogen and oxygen atoms in total. The van der Waals surface area contributed by atoms with Crippen molar-refractivity contribution >= 4 is 11.8 Å². The Morgan fingerprint density at radius 3 is 2.76 bits per heavy atom. The molecule has 2 aromatic rings. The van der Waals surface area contributed by atoms with Gasteiger partial charge in [0.05, 0.1) is 12.3 Å². The highest BCUT2D eigenvalue weighted by Crippen LogP contribution is 2.26. The quantitative estimate of drug-likeness (QED) is 0.898. The molecule has 132 valence electrons. The monoisotopic (exact) mass is 345 g/mol. The van der Waals surface area contributed by atoms with Crippen molar-refractivity contribution in [3.63, 3.8) is 0 Å². The predicted molar refractivity (Wildman–Crippen MR) is 90.8 cm³/mol. The van der Waals surface area contributed by atoms with Gasteiger partial charge in [0.1, 0.15) is 17.7 Å². The Morgan fingerprint density at radius 1 is 1.32 bits per heavy atom. The van der Waals surface area contributed by atoms with Crippen LogP contribution in [0.25, 0.3) is 11.4 Å². The molecule has 0 radical (unpaired) electrons. The third-order valence-electron chi connectivity index (χ3n) is 4.24. The van der Waals surface area contributed by atoms with Crippen molar-refractivity contribution in [1.29, 1.82) is 0 Å². The van der Waals surface area contributed by atoms with E-state index in [0.29, 0.717) is 35.9 Å². The molecule has 0 aliphatic carbocycles. The highest BCUT2D eigenvalue weighted by Gasteiger charge is 2.30. The van der Waals surface area contributed by atoms with E-state index in [4.69, 9.17) is 4.74 Å². The lowest BCUT2D eigenvalue weighted by molar-refractivity contribution is -0.139. The molecule has 1 saturated heterocycles. The molecule has 0 saturated carbocycles. The minimum Gasteiger partial charge on any atom is -0.480 e. The van der Waals surface area contributed by atoms with Gasteiger partial charge in [-0.2, -0.15) is 0 Å². The number of carboxylic acid groups (broad SMARTS) is 1. The fourth-order valence-electron chi connectivity index (χ4n) is 3.04. The van der Waals surface area contributed by atoms with Crippen LogP contribution in [0.4, 0.5) is 10.2 Å². The van der Waals surface area contributed by atoms with E-state index in [9.17, 15) is 14.3 Å². The summed E-state index contributed by atoms with van der Waals surface area (Å²) >= 11 is 0. The Bertz CT molecular complexity index is 752. The van der Waals surface area contributed by atoms with Crippen molar-refractivity contribution in [1.82, 2.24) is 9.97 Å². The van der Waals surface area contributed by atoms with Crippen LogP contribution in [0.3, 0.4) is 0 Å². The first-order chi connectivity index (χ1) is 12.1. The molecule has 1 unspecified atom stereocenters. The SMILES string of the molecule is COCc1cc(N2CCCCC2C(=O)O)nc(-c2ccc(F)cc2)n1. The number of piperidine rings is 1. The predicted octanol–water partition coefficient (Wildman–Crippen LogP) is 2.87. The van der Waals surface area contributed by atoms with Crippen LogP contribution in [-0.2, 0) is 16.1 Å². The molecule has 1 N–H and O–H groups in total. The summed E-state index contributed by atoms with van der Waals surface area (Å²) in [4.78, 5) is 22.4. The molecule has 0 bridgehead atoms. The molecular weight excluding hydrogens is 325 g/mol. The molecule has 1 aromatic heterocycles. The maximum Gasteiger partial charge on any atom is 0.326 e. The maximum absolute atomic E-state index is 13.2. The fraction of sp³-hybridized carbons (Fsp3) is 0.389. The topological polar surface area (TPSA) is 75.5 Å². The second kappa shape index (κ2) is 7.57. The van der Waals surface area contributed by atoms with Gasteiger partial charge in [0.25, 0.3) is 0 Å². The molecule has 1 aliphatic heterocycles. The summed E-state index contributed by atoms with van der Waals surface area (Å²) in [6.45, 7) is 0.915. The van der Waals surface area contributed by atoms with Crippen molar-refractivity contribution in [2.75, 3.05) is 18.6 Å². The summed E-state index contributed by atoms with van der Waals surface area (Å²) in [6, 6.07) is 7.08. The number of aliphatic carboxylic acids is 1. The fourth-order valence-corrected chi connectivity index (χ4v) is 3.04. The van der Waals surface area contributed by atoms with Crippen molar-refractivity contribution < 1.29 is 19.0 Å². The van der Waals surface area contributed by atoms with Gasteiger partial charge in [-0.25, -0.2) is 19.2 Å². The number of methoxy groups -OCH3 is 1. The molecule has 0 amide bonds. The first-order valence-corrected chi connectivity index (χ1v) is 8.21. The molecule has 1 aromatic carbocycles. The van der Waals surface area contributed by atoms with E-state index in [0.717, 1.165) is 12.8 Å². The number of carbonyl (C=O) groups is 1. The van der Waals surface area contributed by atoms with Gasteiger partial charge in [-0.3, -0.25) is 0 Å². The number of benzene rings is 1. The van der Waals surface area contributed by atoms with Gasteiger partial charge in [0.2, 0.25) is 0 Å². The molecular formula is C18H20FN3O3. The van der Waals surface area contributed by atoms with Crippen molar-refractivity contribution in [3.8, 4) is 11.4 Å². The van der Waals surface area contributed by atoms with Crippen molar-refractivity contribution in [3.05, 3.63) is 41.8 Å². The summed E-state index contributed by atoms with van der Waals surface area (Å²) in [7, 11) is 1.57. The van der Waals surface area contributed by atoms with Gasteiger partial charge in [0.15, 0.2) is 5.82 Å². The lowest BCUT2D eigenvalue weighted by Gasteiger charge is -2.34. The lowest BCUT2D eigenvalue weighted by Crippen LogP contribution is -2.45. The Balaban J connectivity index is 2.03. The van der Waals surface area contributed by atoms with Gasteiger partial charge < -0.3 is 14.7 Å². The third-order valence-corrected chi connectivity index (χ3v) is 4.24. The first kappa shape index (κ1) is 17.3. The number of hydrogen-bond donors (Lipinski definition) is 1. The van der Waals surface area contributed by atoms with Gasteiger partial charge in [-0.15, -0.1) is 0 Å². The number of halogens is 1. The number of carboxylic acids is 1. The summed E-state index contributed by atoms with van der Waals surface area (Å²) in [5.74, 6) is -0.193. The average Bonchev–Trinajstić information content (AvgIpc) is 2.62. The lowest BCUT2D eigenvalue weighted by atomic mass is 10.0. The van der Waals surface area contributed by atoms with Gasteiger partial charge in [-0.1, -0.05) is 0 Å². The van der Waals surface area contributed by atoms with Gasteiger partial charge in [0, 0.05) is 25.3 Å². The van der Waals surface area contributed by atoms with Crippen molar-refractivity contribution in [2.45, 2.75) is 31.9 Å². The summed E-state index contributed by atoms with van der Waals surface area (Å²) in [5, 5.41) is 9.51. The summed E-state index contributed by atoms with van der Waals surface area (Å²) in [5.41, 5.74) is 1.33. The number of ether oxygens (including phenoxy) is 1. The van der Waals surface area contributed by atoms with Gasteiger partial charge in [-0.05, 0) is 43.5 Å². The molecule has 1 atom stereocenters. The smallest absolute Gasteiger partial charge is 0.326 e. The van der Waals surface area contributed by atoms with E-state index in [1.54, 1.807) is 30.2 Å². The number of hydrogen-bond acceptors (Lipinski definition) is 5. The molecule has 2 heterocycles. The number of aromatic nitrogens is 2. The Kier molecular flexibility index (Phi) is 5.23. The maximum atomic E-state index is 13.2. The van der Waals surface area contributed by atoms with E-state index < -0.39 is 12.0 Å². The molecule has 7 heteroatoms. The summed E-state index contributed by atoms with van der Waals surface area (Å²) in [6.07, 6.45) is 2.39. The molecule has 25 heavy (non-hydrogen) atoms. The Morgan fingerprint density at radius 2 is 2.08 bits per heavy atom. The Hall–Kier alpha value is -2.54. The number of nitrogens with zero attached hydrogens (tertiary/aromatic N) is 3. The van der Waals surface area contributed by atoms with Crippen LogP contribution in [0.15, 0.2) is 30.3 Å². The van der Waals surface area contributed by atoms with Crippen LogP contribution in [0, 0.1) is 5.82 Å². The van der Waals surface area contributed by atoms with Gasteiger partial charge >= 0.3 is 5.97 Å². The minimum absolute atomic E-state index is 0.287.